The minimum absolute atomic E-state index is 0.0433. The highest BCUT2D eigenvalue weighted by atomic mass is 32.2. The Bertz CT molecular complexity index is 841. The number of hydrogen-bond donors (Lipinski definition) is 2. The fourth-order valence-corrected chi connectivity index (χ4v) is 5.68. The van der Waals surface area contributed by atoms with E-state index in [9.17, 15) is 18.0 Å². The van der Waals surface area contributed by atoms with Crippen molar-refractivity contribution in [3.63, 3.8) is 0 Å². The number of amides is 2. The maximum absolute atomic E-state index is 11.9. The number of carbonyl (C=O) groups is 2. The van der Waals surface area contributed by atoms with Gasteiger partial charge >= 0.3 is 0 Å². The average Bonchev–Trinajstić information content (AvgIpc) is 2.89. The van der Waals surface area contributed by atoms with E-state index in [1.807, 2.05) is 12.1 Å². The van der Waals surface area contributed by atoms with Gasteiger partial charge in [0, 0.05) is 31.3 Å². The SMILES string of the molecule is O=C(/C=C/c1ccc(N2CCCCCC2)cc1)NNC(=O)C[C@@H]1CCS(=O)(=O)C1. The van der Waals surface area contributed by atoms with Crippen LogP contribution in [0, 0.1) is 5.92 Å². The molecule has 2 heterocycles. The second-order valence-corrected chi connectivity index (χ2v) is 10.1. The summed E-state index contributed by atoms with van der Waals surface area (Å²) in [6.07, 6.45) is 8.69. The molecule has 2 amide bonds. The molecule has 0 unspecified atom stereocenters. The maximum Gasteiger partial charge on any atom is 0.262 e. The molecule has 0 aromatic heterocycles. The van der Waals surface area contributed by atoms with Crippen molar-refractivity contribution in [2.24, 2.45) is 5.92 Å². The lowest BCUT2D eigenvalue weighted by atomic mass is 10.1. The Morgan fingerprint density at radius 1 is 1.03 bits per heavy atom. The number of sulfone groups is 1. The summed E-state index contributed by atoms with van der Waals surface area (Å²) < 4.78 is 22.8. The van der Waals surface area contributed by atoms with Crippen LogP contribution in [0.3, 0.4) is 0 Å². The summed E-state index contributed by atoms with van der Waals surface area (Å²) in [6, 6.07) is 8.09. The van der Waals surface area contributed by atoms with Gasteiger partial charge in [-0.05, 0) is 49.0 Å². The second kappa shape index (κ2) is 9.91. The normalized spacial score (nSPS) is 21.7. The van der Waals surface area contributed by atoms with Crippen LogP contribution in [0.4, 0.5) is 5.69 Å². The number of hydrazine groups is 1. The van der Waals surface area contributed by atoms with Crippen molar-refractivity contribution in [2.75, 3.05) is 29.5 Å². The fourth-order valence-electron chi connectivity index (χ4n) is 3.82. The topological polar surface area (TPSA) is 95.6 Å². The molecule has 1 aromatic rings. The van der Waals surface area contributed by atoms with Crippen LogP contribution < -0.4 is 15.8 Å². The quantitative estimate of drug-likeness (QED) is 0.563. The molecule has 29 heavy (non-hydrogen) atoms. The van der Waals surface area contributed by atoms with Gasteiger partial charge in [-0.1, -0.05) is 25.0 Å². The Morgan fingerprint density at radius 2 is 1.72 bits per heavy atom. The van der Waals surface area contributed by atoms with E-state index in [2.05, 4.69) is 27.9 Å². The van der Waals surface area contributed by atoms with Gasteiger partial charge in [-0.3, -0.25) is 20.4 Å². The molecule has 2 fully saturated rings. The highest BCUT2D eigenvalue weighted by Crippen LogP contribution is 2.21. The summed E-state index contributed by atoms with van der Waals surface area (Å²) >= 11 is 0. The zero-order valence-corrected chi connectivity index (χ0v) is 17.4. The summed E-state index contributed by atoms with van der Waals surface area (Å²) in [6.45, 7) is 2.17. The Balaban J connectivity index is 1.42. The zero-order valence-electron chi connectivity index (χ0n) is 16.6. The Kier molecular flexibility index (Phi) is 7.30. The molecule has 2 N–H and O–H groups in total. The highest BCUT2D eigenvalue weighted by molar-refractivity contribution is 7.91. The first-order chi connectivity index (χ1) is 13.9. The first-order valence-electron chi connectivity index (χ1n) is 10.2. The molecule has 2 aliphatic rings. The number of rotatable bonds is 5. The van der Waals surface area contributed by atoms with E-state index in [1.165, 1.54) is 37.4 Å². The fraction of sp³-hybridized carbons (Fsp3) is 0.524. The van der Waals surface area contributed by atoms with Gasteiger partial charge in [-0.25, -0.2) is 8.42 Å². The third-order valence-corrected chi connectivity index (χ3v) is 7.25. The van der Waals surface area contributed by atoms with Gasteiger partial charge < -0.3 is 4.90 Å². The summed E-state index contributed by atoms with van der Waals surface area (Å²) in [7, 11) is -3.01. The van der Waals surface area contributed by atoms with Gasteiger partial charge in [-0.15, -0.1) is 0 Å². The van der Waals surface area contributed by atoms with Crippen LogP contribution in [0.5, 0.6) is 0 Å². The molecule has 8 heteroatoms. The molecule has 3 rings (SSSR count). The van der Waals surface area contributed by atoms with E-state index in [0.29, 0.717) is 6.42 Å². The molecule has 7 nitrogen and oxygen atoms in total. The Hall–Kier alpha value is -2.35. The van der Waals surface area contributed by atoms with Crippen LogP contribution in [0.15, 0.2) is 30.3 Å². The van der Waals surface area contributed by atoms with E-state index in [0.717, 1.165) is 18.7 Å². The summed E-state index contributed by atoms with van der Waals surface area (Å²) in [5.74, 6) is -0.807. The van der Waals surface area contributed by atoms with E-state index in [1.54, 1.807) is 6.08 Å². The first-order valence-corrected chi connectivity index (χ1v) is 12.1. The molecule has 2 aliphatic heterocycles. The molecular formula is C21H29N3O4S. The lowest BCUT2D eigenvalue weighted by Gasteiger charge is -2.22. The second-order valence-electron chi connectivity index (χ2n) is 7.84. The number of carbonyl (C=O) groups excluding carboxylic acids is 2. The van der Waals surface area contributed by atoms with Crippen molar-refractivity contribution in [1.82, 2.24) is 10.9 Å². The molecule has 0 saturated carbocycles. The van der Waals surface area contributed by atoms with Crippen molar-refractivity contribution >= 4 is 33.4 Å². The molecular weight excluding hydrogens is 390 g/mol. The molecule has 0 aliphatic carbocycles. The Morgan fingerprint density at radius 3 is 2.34 bits per heavy atom. The smallest absolute Gasteiger partial charge is 0.262 e. The highest BCUT2D eigenvalue weighted by Gasteiger charge is 2.29. The summed E-state index contributed by atoms with van der Waals surface area (Å²) in [4.78, 5) is 26.1. The van der Waals surface area contributed by atoms with Crippen molar-refractivity contribution in [2.45, 2.75) is 38.5 Å². The summed E-state index contributed by atoms with van der Waals surface area (Å²) in [5.41, 5.74) is 6.78. The minimum Gasteiger partial charge on any atom is -0.372 e. The van der Waals surface area contributed by atoms with Gasteiger partial charge in [0.2, 0.25) is 5.91 Å². The molecule has 0 spiro atoms. The van der Waals surface area contributed by atoms with Crippen LogP contribution in [0.2, 0.25) is 0 Å². The molecule has 1 aromatic carbocycles. The number of hydrogen-bond acceptors (Lipinski definition) is 5. The lowest BCUT2D eigenvalue weighted by molar-refractivity contribution is -0.127. The largest absolute Gasteiger partial charge is 0.372 e. The monoisotopic (exact) mass is 419 g/mol. The minimum atomic E-state index is -3.01. The van der Waals surface area contributed by atoms with E-state index in [4.69, 9.17) is 0 Å². The standard InChI is InChI=1S/C21H29N3O4S/c25-20(22-23-21(26)15-18-11-14-29(27,28)16-18)10-7-17-5-8-19(9-6-17)24-12-3-1-2-4-13-24/h5-10,18H,1-4,11-16H2,(H,22,25)(H,23,26)/b10-7+/t18-/m0/s1. The van der Waals surface area contributed by atoms with Gasteiger partial charge in [0.1, 0.15) is 0 Å². The molecule has 1 atom stereocenters. The van der Waals surface area contributed by atoms with Crippen molar-refractivity contribution in [3.05, 3.63) is 35.9 Å². The maximum atomic E-state index is 11.9. The number of nitrogens with one attached hydrogen (secondary N) is 2. The number of benzene rings is 1. The molecule has 0 bridgehead atoms. The van der Waals surface area contributed by atoms with Crippen molar-refractivity contribution < 1.29 is 18.0 Å². The van der Waals surface area contributed by atoms with Crippen LogP contribution >= 0.6 is 0 Å². The predicted molar refractivity (Wildman–Crippen MR) is 114 cm³/mol. The van der Waals surface area contributed by atoms with Crippen LogP contribution in [0.25, 0.3) is 6.08 Å². The molecule has 0 radical (unpaired) electrons. The van der Waals surface area contributed by atoms with Crippen LogP contribution in [-0.2, 0) is 19.4 Å². The van der Waals surface area contributed by atoms with Gasteiger partial charge in [0.25, 0.3) is 5.91 Å². The Labute approximate surface area is 172 Å². The first kappa shape index (κ1) is 21.4. The van der Waals surface area contributed by atoms with Gasteiger partial charge in [-0.2, -0.15) is 0 Å². The molecule has 158 valence electrons. The van der Waals surface area contributed by atoms with E-state index in [-0.39, 0.29) is 29.8 Å². The van der Waals surface area contributed by atoms with Crippen molar-refractivity contribution in [1.29, 1.82) is 0 Å². The lowest BCUT2D eigenvalue weighted by Crippen LogP contribution is -2.41. The van der Waals surface area contributed by atoms with Crippen LogP contribution in [-0.4, -0.2) is 44.8 Å². The zero-order chi connectivity index (χ0) is 20.7. The van der Waals surface area contributed by atoms with E-state index >= 15 is 0 Å². The third kappa shape index (κ3) is 6.88. The average molecular weight is 420 g/mol. The third-order valence-electron chi connectivity index (χ3n) is 5.42. The van der Waals surface area contributed by atoms with Crippen LogP contribution in [0.1, 0.15) is 44.1 Å². The molecule has 2 saturated heterocycles. The van der Waals surface area contributed by atoms with Gasteiger partial charge in [0.15, 0.2) is 9.84 Å². The predicted octanol–water partition coefficient (Wildman–Crippen LogP) is 2.05. The van der Waals surface area contributed by atoms with E-state index < -0.39 is 15.7 Å². The van der Waals surface area contributed by atoms with Crippen molar-refractivity contribution in [3.8, 4) is 0 Å². The summed E-state index contributed by atoms with van der Waals surface area (Å²) in [5, 5.41) is 0. The number of anilines is 1. The number of nitrogens with zero attached hydrogens (tertiary/aromatic N) is 1. The van der Waals surface area contributed by atoms with Gasteiger partial charge in [0.05, 0.1) is 11.5 Å².